The third-order valence-corrected chi connectivity index (χ3v) is 2.85. The van der Waals surface area contributed by atoms with Crippen LogP contribution in [0, 0.1) is 0 Å². The van der Waals surface area contributed by atoms with E-state index in [1.807, 2.05) is 0 Å². The van der Waals surface area contributed by atoms with Crippen molar-refractivity contribution < 1.29 is 9.53 Å². The molecule has 1 aromatic heterocycles. The van der Waals surface area contributed by atoms with E-state index in [1.165, 1.54) is 0 Å². The number of benzene rings is 1. The highest BCUT2D eigenvalue weighted by Gasteiger charge is 2.14. The Morgan fingerprint density at radius 2 is 2.32 bits per heavy atom. The first-order chi connectivity index (χ1) is 9.11. The maximum atomic E-state index is 11.7. The van der Waals surface area contributed by atoms with Crippen LogP contribution in [-0.4, -0.2) is 22.1 Å². The number of halogens is 1. The van der Waals surface area contributed by atoms with Crippen molar-refractivity contribution in [1.82, 2.24) is 9.55 Å². The fourth-order valence-electron chi connectivity index (χ4n) is 1.72. The van der Waals surface area contributed by atoms with Crippen LogP contribution in [0.1, 0.15) is 23.1 Å². The molecule has 0 aliphatic rings. The predicted molar refractivity (Wildman–Crippen MR) is 73.1 cm³/mol. The van der Waals surface area contributed by atoms with E-state index in [2.05, 4.69) is 4.98 Å². The van der Waals surface area contributed by atoms with Crippen LogP contribution < -0.4 is 5.73 Å². The number of hydrogen-bond acceptors (Lipinski definition) is 4. The van der Waals surface area contributed by atoms with E-state index in [0.29, 0.717) is 23.9 Å². The maximum absolute atomic E-state index is 11.7. The first-order valence-electron chi connectivity index (χ1n) is 5.84. The predicted octanol–water partition coefficient (Wildman–Crippen LogP) is 2.34. The summed E-state index contributed by atoms with van der Waals surface area (Å²) in [5, 5.41) is 0.599. The number of rotatable bonds is 4. The molecule has 1 aromatic carbocycles. The van der Waals surface area contributed by atoms with E-state index >= 15 is 0 Å². The largest absolute Gasteiger partial charge is 0.460 e. The molecule has 0 saturated carbocycles. The third kappa shape index (κ3) is 3.06. The highest BCUT2D eigenvalue weighted by atomic mass is 35.5. The molecule has 5 nitrogen and oxygen atoms in total. The van der Waals surface area contributed by atoms with Crippen molar-refractivity contribution in [1.29, 1.82) is 0 Å². The van der Waals surface area contributed by atoms with Crippen LogP contribution in [0.15, 0.2) is 30.6 Å². The second-order valence-electron chi connectivity index (χ2n) is 3.94. The number of aromatic nitrogens is 2. The molecular formula is C13H14ClN3O2. The molecule has 0 bridgehead atoms. The number of carbonyl (C=O) groups is 1. The molecule has 0 unspecified atom stereocenters. The van der Waals surface area contributed by atoms with Crippen LogP contribution in [0.5, 0.6) is 0 Å². The lowest BCUT2D eigenvalue weighted by atomic mass is 10.2. The zero-order valence-electron chi connectivity index (χ0n) is 10.5. The van der Waals surface area contributed by atoms with Crippen LogP contribution in [-0.2, 0) is 11.3 Å². The number of nitrogens with two attached hydrogens (primary N) is 1. The van der Waals surface area contributed by atoms with Crippen LogP contribution in [0.4, 0.5) is 5.69 Å². The standard InChI is InChI=1S/C13H14ClN3O2/c1-2-19-13(18)12-16-5-6-17(12)8-9-7-10(14)3-4-11(9)15/h3-7H,2,8,15H2,1H3. The lowest BCUT2D eigenvalue weighted by molar-refractivity contribution is 0.0507. The zero-order chi connectivity index (χ0) is 13.8. The molecule has 0 amide bonds. The van der Waals surface area contributed by atoms with Crippen molar-refractivity contribution in [3.63, 3.8) is 0 Å². The molecule has 0 spiro atoms. The summed E-state index contributed by atoms with van der Waals surface area (Å²) in [6.07, 6.45) is 3.25. The summed E-state index contributed by atoms with van der Waals surface area (Å²) in [4.78, 5) is 15.7. The van der Waals surface area contributed by atoms with Crippen LogP contribution >= 0.6 is 11.6 Å². The van der Waals surface area contributed by atoms with Gasteiger partial charge in [0.25, 0.3) is 0 Å². The van der Waals surface area contributed by atoms with Gasteiger partial charge in [-0.1, -0.05) is 11.6 Å². The van der Waals surface area contributed by atoms with Gasteiger partial charge in [0.1, 0.15) is 0 Å². The van der Waals surface area contributed by atoms with Crippen molar-refractivity contribution in [2.24, 2.45) is 0 Å². The molecule has 0 fully saturated rings. The fraction of sp³-hybridized carbons (Fsp3) is 0.231. The lowest BCUT2D eigenvalue weighted by Crippen LogP contribution is -2.14. The van der Waals surface area contributed by atoms with Crippen molar-refractivity contribution >= 4 is 23.3 Å². The van der Waals surface area contributed by atoms with E-state index in [0.717, 1.165) is 5.56 Å². The van der Waals surface area contributed by atoms with Gasteiger partial charge in [0.2, 0.25) is 5.82 Å². The normalized spacial score (nSPS) is 10.4. The van der Waals surface area contributed by atoms with Gasteiger partial charge in [-0.25, -0.2) is 9.78 Å². The van der Waals surface area contributed by atoms with Crippen molar-refractivity contribution in [3.8, 4) is 0 Å². The molecular weight excluding hydrogens is 266 g/mol. The summed E-state index contributed by atoms with van der Waals surface area (Å²) >= 11 is 5.94. The molecule has 2 rings (SSSR count). The van der Waals surface area contributed by atoms with Gasteiger partial charge in [-0.3, -0.25) is 0 Å². The maximum Gasteiger partial charge on any atom is 0.374 e. The minimum Gasteiger partial charge on any atom is -0.460 e. The number of nitrogens with zero attached hydrogens (tertiary/aromatic N) is 2. The number of anilines is 1. The zero-order valence-corrected chi connectivity index (χ0v) is 11.2. The van der Waals surface area contributed by atoms with Gasteiger partial charge in [-0.15, -0.1) is 0 Å². The van der Waals surface area contributed by atoms with Gasteiger partial charge >= 0.3 is 5.97 Å². The monoisotopic (exact) mass is 279 g/mol. The smallest absolute Gasteiger partial charge is 0.374 e. The molecule has 0 saturated heterocycles. The van der Waals surface area contributed by atoms with Gasteiger partial charge in [0.05, 0.1) is 13.2 Å². The Labute approximate surface area is 116 Å². The molecule has 6 heteroatoms. The number of ether oxygens (including phenoxy) is 1. The lowest BCUT2D eigenvalue weighted by Gasteiger charge is -2.09. The summed E-state index contributed by atoms with van der Waals surface area (Å²) in [7, 11) is 0. The quantitative estimate of drug-likeness (QED) is 0.689. The van der Waals surface area contributed by atoms with Gasteiger partial charge in [0.15, 0.2) is 0 Å². The van der Waals surface area contributed by atoms with Crippen LogP contribution in [0.2, 0.25) is 5.02 Å². The molecule has 2 aromatic rings. The number of nitrogen functional groups attached to an aromatic ring is 1. The van der Waals surface area contributed by atoms with E-state index < -0.39 is 5.97 Å². The number of hydrogen-bond donors (Lipinski definition) is 1. The molecule has 0 atom stereocenters. The first-order valence-corrected chi connectivity index (χ1v) is 6.21. The molecule has 0 radical (unpaired) electrons. The van der Waals surface area contributed by atoms with Crippen LogP contribution in [0.25, 0.3) is 0 Å². The second-order valence-corrected chi connectivity index (χ2v) is 4.38. The Bertz CT molecular complexity index is 595. The third-order valence-electron chi connectivity index (χ3n) is 2.62. The van der Waals surface area contributed by atoms with Gasteiger partial charge in [0, 0.05) is 23.1 Å². The Kier molecular flexibility index (Phi) is 4.06. The highest BCUT2D eigenvalue weighted by molar-refractivity contribution is 6.30. The molecule has 0 aliphatic heterocycles. The molecule has 19 heavy (non-hydrogen) atoms. The Hall–Kier alpha value is -2.01. The molecule has 1 heterocycles. The molecule has 0 aliphatic carbocycles. The average Bonchev–Trinajstić information content (AvgIpc) is 2.82. The summed E-state index contributed by atoms with van der Waals surface area (Å²) in [6, 6.07) is 5.23. The van der Waals surface area contributed by atoms with Crippen LogP contribution in [0.3, 0.4) is 0 Å². The fourth-order valence-corrected chi connectivity index (χ4v) is 1.91. The number of imidazole rings is 1. The average molecular weight is 280 g/mol. The van der Waals surface area contributed by atoms with Crippen molar-refractivity contribution in [2.45, 2.75) is 13.5 Å². The van der Waals surface area contributed by atoms with E-state index in [4.69, 9.17) is 22.1 Å². The van der Waals surface area contributed by atoms with Crippen molar-refractivity contribution in [3.05, 3.63) is 47.0 Å². The summed E-state index contributed by atoms with van der Waals surface area (Å²) < 4.78 is 6.62. The summed E-state index contributed by atoms with van der Waals surface area (Å²) in [5.41, 5.74) is 7.33. The minimum absolute atomic E-state index is 0.251. The van der Waals surface area contributed by atoms with E-state index in [-0.39, 0.29) is 5.82 Å². The Balaban J connectivity index is 2.26. The number of esters is 1. The molecule has 2 N–H and O–H groups in total. The molecule has 100 valence electrons. The van der Waals surface area contributed by atoms with Gasteiger partial charge in [-0.2, -0.15) is 0 Å². The van der Waals surface area contributed by atoms with E-state index in [9.17, 15) is 4.79 Å². The Morgan fingerprint density at radius 3 is 3.05 bits per heavy atom. The topological polar surface area (TPSA) is 70.1 Å². The Morgan fingerprint density at radius 1 is 1.53 bits per heavy atom. The van der Waals surface area contributed by atoms with E-state index in [1.54, 1.807) is 42.1 Å². The minimum atomic E-state index is -0.451. The highest BCUT2D eigenvalue weighted by Crippen LogP contribution is 2.19. The van der Waals surface area contributed by atoms with Gasteiger partial charge < -0.3 is 15.0 Å². The summed E-state index contributed by atoms with van der Waals surface area (Å²) in [6.45, 7) is 2.48. The number of carbonyl (C=O) groups excluding carboxylic acids is 1. The van der Waals surface area contributed by atoms with Gasteiger partial charge in [-0.05, 0) is 30.7 Å². The SMILES string of the molecule is CCOC(=O)c1nccn1Cc1cc(Cl)ccc1N. The first kappa shape index (κ1) is 13.4. The second kappa shape index (κ2) is 5.75. The van der Waals surface area contributed by atoms with Crippen molar-refractivity contribution in [2.75, 3.05) is 12.3 Å². The summed E-state index contributed by atoms with van der Waals surface area (Å²) in [5.74, 6) is -0.200.